The van der Waals surface area contributed by atoms with Crippen LogP contribution in [0.15, 0.2) is 40.1 Å². The summed E-state index contributed by atoms with van der Waals surface area (Å²) >= 11 is 3.42. The minimum Gasteiger partial charge on any atom is -0.321 e. The Morgan fingerprint density at radius 1 is 1.25 bits per heavy atom. The van der Waals surface area contributed by atoms with E-state index in [-0.39, 0.29) is 5.91 Å². The van der Waals surface area contributed by atoms with Crippen LogP contribution in [-0.4, -0.2) is 40.2 Å². The molecule has 1 N–H and O–H groups in total. The third-order valence-electron chi connectivity index (χ3n) is 5.13. The lowest BCUT2D eigenvalue weighted by molar-refractivity contribution is 0.102. The van der Waals surface area contributed by atoms with Gasteiger partial charge in [-0.3, -0.25) is 4.79 Å². The van der Waals surface area contributed by atoms with E-state index >= 15 is 0 Å². The number of carbonyl (C=O) groups excluding carboxylic acids is 1. The van der Waals surface area contributed by atoms with Crippen molar-refractivity contribution in [3.63, 3.8) is 0 Å². The Bertz CT molecular complexity index is 688. The third-order valence-corrected chi connectivity index (χ3v) is 6.98. The standard InChI is InChI=1S/C18H21N3OS2/c1-21-13-4-5-14(21)9-16(8-13)24-15-6-2-12(3-7-15)20-18(22)17-10-23-11-19-17/h2-3,6-7,10-11,13-14,16H,4-5,8-9H2,1H3,(H,20,22)/t13-,14+,16-. The number of piperidine rings is 1. The molecule has 2 fully saturated rings. The van der Waals surface area contributed by atoms with Gasteiger partial charge in [-0.2, -0.15) is 0 Å². The van der Waals surface area contributed by atoms with E-state index in [0.29, 0.717) is 10.9 Å². The number of benzene rings is 1. The Balaban J connectivity index is 1.35. The van der Waals surface area contributed by atoms with Gasteiger partial charge in [-0.25, -0.2) is 4.98 Å². The van der Waals surface area contributed by atoms with E-state index < -0.39 is 0 Å². The summed E-state index contributed by atoms with van der Waals surface area (Å²) in [5, 5.41) is 5.37. The number of anilines is 1. The molecule has 1 aromatic carbocycles. The van der Waals surface area contributed by atoms with Crippen molar-refractivity contribution in [2.45, 2.75) is 47.9 Å². The fourth-order valence-electron chi connectivity index (χ4n) is 3.79. The summed E-state index contributed by atoms with van der Waals surface area (Å²) in [7, 11) is 2.28. The normalized spacial score (nSPS) is 26.5. The molecule has 4 nitrogen and oxygen atoms in total. The summed E-state index contributed by atoms with van der Waals surface area (Å²) in [4.78, 5) is 19.9. The average molecular weight is 360 g/mol. The average Bonchev–Trinajstić information content (AvgIpc) is 3.17. The van der Waals surface area contributed by atoms with Gasteiger partial charge in [0.05, 0.1) is 5.51 Å². The minimum absolute atomic E-state index is 0.149. The van der Waals surface area contributed by atoms with Gasteiger partial charge >= 0.3 is 0 Å². The molecule has 0 aliphatic carbocycles. The van der Waals surface area contributed by atoms with Gasteiger partial charge in [-0.1, -0.05) is 0 Å². The highest BCUT2D eigenvalue weighted by Crippen LogP contribution is 2.41. The Labute approximate surface area is 150 Å². The van der Waals surface area contributed by atoms with E-state index in [2.05, 4.69) is 34.4 Å². The van der Waals surface area contributed by atoms with Crippen LogP contribution in [0.1, 0.15) is 36.2 Å². The first kappa shape index (κ1) is 16.1. The van der Waals surface area contributed by atoms with Crippen molar-refractivity contribution in [1.82, 2.24) is 9.88 Å². The maximum Gasteiger partial charge on any atom is 0.275 e. The van der Waals surface area contributed by atoms with Gasteiger partial charge in [0.2, 0.25) is 0 Å². The van der Waals surface area contributed by atoms with Crippen molar-refractivity contribution >= 4 is 34.7 Å². The molecule has 6 heteroatoms. The Morgan fingerprint density at radius 3 is 2.58 bits per heavy atom. The molecule has 2 aromatic rings. The zero-order valence-corrected chi connectivity index (χ0v) is 15.3. The fourth-order valence-corrected chi connectivity index (χ4v) is 5.63. The monoisotopic (exact) mass is 359 g/mol. The lowest BCUT2D eigenvalue weighted by atomic mass is 10.0. The van der Waals surface area contributed by atoms with E-state index in [9.17, 15) is 4.79 Å². The summed E-state index contributed by atoms with van der Waals surface area (Å²) in [6.45, 7) is 0. The van der Waals surface area contributed by atoms with Crippen LogP contribution in [0, 0.1) is 0 Å². The molecule has 4 rings (SSSR count). The predicted molar refractivity (Wildman–Crippen MR) is 100.0 cm³/mol. The van der Waals surface area contributed by atoms with Crippen molar-refractivity contribution in [3.05, 3.63) is 40.8 Å². The zero-order valence-electron chi connectivity index (χ0n) is 13.6. The van der Waals surface area contributed by atoms with Gasteiger partial charge in [0.25, 0.3) is 5.91 Å². The van der Waals surface area contributed by atoms with Gasteiger partial charge in [-0.05, 0) is 57.0 Å². The second-order valence-electron chi connectivity index (χ2n) is 6.61. The number of rotatable bonds is 4. The van der Waals surface area contributed by atoms with E-state index in [1.165, 1.54) is 41.9 Å². The summed E-state index contributed by atoms with van der Waals surface area (Å²) < 4.78 is 0. The van der Waals surface area contributed by atoms with Crippen molar-refractivity contribution in [3.8, 4) is 0 Å². The Kier molecular flexibility index (Phi) is 4.61. The second kappa shape index (κ2) is 6.86. The number of nitrogens with zero attached hydrogens (tertiary/aromatic N) is 2. The fraction of sp³-hybridized carbons (Fsp3) is 0.444. The van der Waals surface area contributed by atoms with Gasteiger partial charge in [0, 0.05) is 33.3 Å². The molecule has 2 aliphatic heterocycles. The number of thiazole rings is 1. The second-order valence-corrected chi connectivity index (χ2v) is 8.71. The molecule has 0 saturated carbocycles. The first-order valence-corrected chi connectivity index (χ1v) is 10.2. The largest absolute Gasteiger partial charge is 0.321 e. The van der Waals surface area contributed by atoms with E-state index in [1.807, 2.05) is 23.9 Å². The molecular weight excluding hydrogens is 338 g/mol. The first-order chi connectivity index (χ1) is 11.7. The maximum atomic E-state index is 12.0. The summed E-state index contributed by atoms with van der Waals surface area (Å²) in [6, 6.07) is 9.74. The number of thioether (sulfide) groups is 1. The van der Waals surface area contributed by atoms with Crippen LogP contribution in [0.2, 0.25) is 0 Å². The molecule has 3 atom stereocenters. The van der Waals surface area contributed by atoms with Gasteiger partial charge in [0.15, 0.2) is 0 Å². The van der Waals surface area contributed by atoms with Gasteiger partial charge in [-0.15, -0.1) is 23.1 Å². The number of hydrogen-bond donors (Lipinski definition) is 1. The van der Waals surface area contributed by atoms with Gasteiger partial charge in [0.1, 0.15) is 5.69 Å². The van der Waals surface area contributed by atoms with Crippen LogP contribution in [0.3, 0.4) is 0 Å². The number of aromatic nitrogens is 1. The Morgan fingerprint density at radius 2 is 1.96 bits per heavy atom. The highest BCUT2D eigenvalue weighted by Gasteiger charge is 2.38. The highest BCUT2D eigenvalue weighted by molar-refractivity contribution is 8.00. The molecule has 2 saturated heterocycles. The molecule has 1 aromatic heterocycles. The van der Waals surface area contributed by atoms with Crippen LogP contribution in [0.25, 0.3) is 0 Å². The van der Waals surface area contributed by atoms with E-state index in [4.69, 9.17) is 0 Å². The van der Waals surface area contributed by atoms with Gasteiger partial charge < -0.3 is 10.2 Å². The highest BCUT2D eigenvalue weighted by atomic mass is 32.2. The molecule has 126 valence electrons. The molecule has 3 heterocycles. The van der Waals surface area contributed by atoms with Crippen molar-refractivity contribution in [1.29, 1.82) is 0 Å². The van der Waals surface area contributed by atoms with E-state index in [0.717, 1.165) is 17.8 Å². The van der Waals surface area contributed by atoms with Crippen LogP contribution < -0.4 is 5.32 Å². The van der Waals surface area contributed by atoms with Crippen LogP contribution >= 0.6 is 23.1 Å². The predicted octanol–water partition coefficient (Wildman–Crippen LogP) is 4.11. The number of carbonyl (C=O) groups is 1. The quantitative estimate of drug-likeness (QED) is 0.892. The lowest BCUT2D eigenvalue weighted by Gasteiger charge is -2.36. The summed E-state index contributed by atoms with van der Waals surface area (Å²) in [6.07, 6.45) is 5.31. The summed E-state index contributed by atoms with van der Waals surface area (Å²) in [5.74, 6) is -0.149. The molecule has 0 unspecified atom stereocenters. The zero-order chi connectivity index (χ0) is 16.5. The Hall–Kier alpha value is -1.37. The number of fused-ring (bicyclic) bond motifs is 2. The molecule has 24 heavy (non-hydrogen) atoms. The van der Waals surface area contributed by atoms with Crippen molar-refractivity contribution in [2.75, 3.05) is 12.4 Å². The van der Waals surface area contributed by atoms with Crippen molar-refractivity contribution in [2.24, 2.45) is 0 Å². The van der Waals surface area contributed by atoms with Crippen LogP contribution in [0.4, 0.5) is 5.69 Å². The SMILES string of the molecule is CN1[C@@H]2CC[C@H]1C[C@H](Sc1ccc(NC(=O)c3cscn3)cc1)C2. The van der Waals surface area contributed by atoms with E-state index in [1.54, 1.807) is 10.9 Å². The number of amides is 1. The first-order valence-electron chi connectivity index (χ1n) is 8.37. The lowest BCUT2D eigenvalue weighted by Crippen LogP contribution is -2.40. The molecule has 0 radical (unpaired) electrons. The molecular formula is C18H21N3OS2. The number of hydrogen-bond acceptors (Lipinski definition) is 5. The smallest absolute Gasteiger partial charge is 0.275 e. The van der Waals surface area contributed by atoms with Crippen molar-refractivity contribution < 1.29 is 4.79 Å². The maximum absolute atomic E-state index is 12.0. The molecule has 1 amide bonds. The van der Waals surface area contributed by atoms with Crippen LogP contribution in [0.5, 0.6) is 0 Å². The summed E-state index contributed by atoms with van der Waals surface area (Å²) in [5.41, 5.74) is 2.96. The molecule has 2 aliphatic rings. The third kappa shape index (κ3) is 3.36. The minimum atomic E-state index is -0.149. The molecule has 0 spiro atoms. The molecule has 2 bridgehead atoms. The topological polar surface area (TPSA) is 45.2 Å². The number of nitrogens with one attached hydrogen (secondary N) is 1. The van der Waals surface area contributed by atoms with Crippen LogP contribution in [-0.2, 0) is 0 Å².